The fourth-order valence-corrected chi connectivity index (χ4v) is 1.34. The smallest absolute Gasteiger partial charge is 0.469 e. The molecule has 0 N–H and O–H groups in total. The van der Waals surface area contributed by atoms with Crippen molar-refractivity contribution in [1.82, 2.24) is 0 Å². The van der Waals surface area contributed by atoms with Crippen LogP contribution in [0, 0.1) is 5.41 Å². The van der Waals surface area contributed by atoms with Gasteiger partial charge in [0.2, 0.25) is 0 Å². The molecule has 0 aromatic rings. The Labute approximate surface area is 82.3 Å². The predicted octanol–water partition coefficient (Wildman–Crippen LogP) is 1.11. The van der Waals surface area contributed by atoms with Crippen LogP contribution in [-0.2, 0) is 19.0 Å². The molecule has 0 aromatic heterocycles. The second-order valence-corrected chi connectivity index (χ2v) is 3.50. The summed E-state index contributed by atoms with van der Waals surface area (Å²) >= 11 is 0. The number of esters is 1. The summed E-state index contributed by atoms with van der Waals surface area (Å²) in [6.45, 7) is 2.15. The van der Waals surface area contributed by atoms with Gasteiger partial charge in [-0.25, -0.2) is 4.79 Å². The lowest BCUT2D eigenvalue weighted by Gasteiger charge is -2.27. The molecule has 0 aromatic carbocycles. The van der Waals surface area contributed by atoms with Crippen LogP contribution in [0.25, 0.3) is 0 Å². The summed E-state index contributed by atoms with van der Waals surface area (Å²) in [6, 6.07) is 0. The zero-order valence-electron chi connectivity index (χ0n) is 8.37. The van der Waals surface area contributed by atoms with Crippen molar-refractivity contribution >= 4 is 12.1 Å². The van der Waals surface area contributed by atoms with Crippen molar-refractivity contribution in [2.45, 2.75) is 19.8 Å². The van der Waals surface area contributed by atoms with Crippen molar-refractivity contribution in [3.8, 4) is 0 Å². The number of ether oxygens (including phenoxy) is 3. The first-order chi connectivity index (χ1) is 6.58. The van der Waals surface area contributed by atoms with Crippen LogP contribution in [0.5, 0.6) is 0 Å². The Bertz CT molecular complexity index is 223. The molecule has 1 aliphatic rings. The van der Waals surface area contributed by atoms with Gasteiger partial charge in [0, 0.05) is 0 Å². The van der Waals surface area contributed by atoms with Gasteiger partial charge in [0.25, 0.3) is 0 Å². The standard InChI is InChI=1S/C9H14O5/c1-9(7(10)12-2)3-5-13-8(11)14-6-4-9/h3-6H2,1-2H3. The van der Waals surface area contributed by atoms with Gasteiger partial charge >= 0.3 is 12.1 Å². The number of carbonyl (C=O) groups is 2. The molecule has 1 aliphatic heterocycles. The molecule has 5 heteroatoms. The minimum absolute atomic E-state index is 0.185. The minimum atomic E-state index is -0.670. The molecule has 0 spiro atoms. The van der Waals surface area contributed by atoms with Crippen LogP contribution in [0.4, 0.5) is 4.79 Å². The normalized spacial score (nSPS) is 21.1. The molecule has 1 saturated heterocycles. The Morgan fingerprint density at radius 3 is 2.29 bits per heavy atom. The Hall–Kier alpha value is -1.26. The summed E-state index contributed by atoms with van der Waals surface area (Å²) in [5, 5.41) is 0. The van der Waals surface area contributed by atoms with Crippen molar-refractivity contribution in [3.05, 3.63) is 0 Å². The summed E-state index contributed by atoms with van der Waals surface area (Å²) in [6.07, 6.45) is 0.265. The van der Waals surface area contributed by atoms with Gasteiger partial charge in [-0.05, 0) is 19.8 Å². The van der Waals surface area contributed by atoms with Crippen molar-refractivity contribution < 1.29 is 23.8 Å². The van der Waals surface area contributed by atoms with E-state index in [1.807, 2.05) is 0 Å². The van der Waals surface area contributed by atoms with E-state index >= 15 is 0 Å². The lowest BCUT2D eigenvalue weighted by Crippen LogP contribution is -2.34. The molecule has 0 bridgehead atoms. The van der Waals surface area contributed by atoms with Crippen molar-refractivity contribution in [1.29, 1.82) is 0 Å². The Balaban J connectivity index is 2.61. The van der Waals surface area contributed by atoms with Gasteiger partial charge in [-0.3, -0.25) is 4.79 Å². The van der Waals surface area contributed by atoms with E-state index in [1.54, 1.807) is 6.92 Å². The van der Waals surface area contributed by atoms with Crippen LogP contribution in [0.1, 0.15) is 19.8 Å². The average molecular weight is 202 g/mol. The third kappa shape index (κ3) is 2.37. The highest BCUT2D eigenvalue weighted by Gasteiger charge is 2.35. The Morgan fingerprint density at radius 2 is 1.86 bits per heavy atom. The molecular weight excluding hydrogens is 188 g/mol. The van der Waals surface area contributed by atoms with Gasteiger partial charge in [0.15, 0.2) is 0 Å². The molecule has 5 nitrogen and oxygen atoms in total. The van der Waals surface area contributed by atoms with Gasteiger partial charge in [0.05, 0.1) is 25.7 Å². The molecule has 14 heavy (non-hydrogen) atoms. The highest BCUT2D eigenvalue weighted by molar-refractivity contribution is 5.76. The van der Waals surface area contributed by atoms with E-state index in [0.29, 0.717) is 12.8 Å². The van der Waals surface area contributed by atoms with E-state index in [9.17, 15) is 9.59 Å². The Kier molecular flexibility index (Phi) is 3.33. The fourth-order valence-electron chi connectivity index (χ4n) is 1.34. The molecule has 0 radical (unpaired) electrons. The van der Waals surface area contributed by atoms with Crippen LogP contribution in [0.2, 0.25) is 0 Å². The number of hydrogen-bond acceptors (Lipinski definition) is 5. The van der Waals surface area contributed by atoms with E-state index in [-0.39, 0.29) is 19.2 Å². The lowest BCUT2D eigenvalue weighted by atomic mass is 9.84. The van der Waals surface area contributed by atoms with Crippen molar-refractivity contribution in [2.75, 3.05) is 20.3 Å². The quantitative estimate of drug-likeness (QED) is 0.596. The van der Waals surface area contributed by atoms with Gasteiger partial charge in [-0.1, -0.05) is 0 Å². The zero-order valence-corrected chi connectivity index (χ0v) is 8.37. The molecule has 0 unspecified atom stereocenters. The van der Waals surface area contributed by atoms with E-state index in [0.717, 1.165) is 0 Å². The zero-order chi connectivity index (χ0) is 10.6. The third-order valence-electron chi connectivity index (χ3n) is 2.43. The number of methoxy groups -OCH3 is 1. The molecule has 1 heterocycles. The number of cyclic esters (lactones) is 2. The molecule has 0 aliphatic carbocycles. The maximum absolute atomic E-state index is 11.4. The van der Waals surface area contributed by atoms with Crippen molar-refractivity contribution in [3.63, 3.8) is 0 Å². The summed E-state index contributed by atoms with van der Waals surface area (Å²) in [5.41, 5.74) is -0.616. The first-order valence-electron chi connectivity index (χ1n) is 4.46. The van der Waals surface area contributed by atoms with Crippen LogP contribution in [-0.4, -0.2) is 32.4 Å². The van der Waals surface area contributed by atoms with Crippen LogP contribution in [0.3, 0.4) is 0 Å². The molecule has 0 saturated carbocycles. The minimum Gasteiger partial charge on any atom is -0.469 e. The monoisotopic (exact) mass is 202 g/mol. The van der Waals surface area contributed by atoms with Crippen molar-refractivity contribution in [2.24, 2.45) is 5.41 Å². The summed E-state index contributed by atoms with van der Waals surface area (Å²) in [5.74, 6) is -0.293. The molecule has 0 atom stereocenters. The number of carbonyl (C=O) groups excluding carboxylic acids is 2. The molecule has 0 amide bonds. The molecule has 1 fully saturated rings. The Morgan fingerprint density at radius 1 is 1.36 bits per heavy atom. The van der Waals surface area contributed by atoms with Crippen LogP contribution in [0.15, 0.2) is 0 Å². The maximum Gasteiger partial charge on any atom is 0.508 e. The topological polar surface area (TPSA) is 61.8 Å². The first kappa shape index (κ1) is 10.8. The summed E-state index contributed by atoms with van der Waals surface area (Å²) in [4.78, 5) is 22.1. The SMILES string of the molecule is COC(=O)C1(C)CCOC(=O)OCC1. The van der Waals surface area contributed by atoms with Crippen LogP contribution >= 0.6 is 0 Å². The van der Waals surface area contributed by atoms with Gasteiger partial charge in [0.1, 0.15) is 0 Å². The second-order valence-electron chi connectivity index (χ2n) is 3.50. The van der Waals surface area contributed by atoms with Gasteiger partial charge in [-0.15, -0.1) is 0 Å². The number of hydrogen-bond donors (Lipinski definition) is 0. The van der Waals surface area contributed by atoms with E-state index in [4.69, 9.17) is 9.47 Å². The third-order valence-corrected chi connectivity index (χ3v) is 2.43. The average Bonchev–Trinajstić information content (AvgIpc) is 2.14. The van der Waals surface area contributed by atoms with Gasteiger partial charge in [-0.2, -0.15) is 0 Å². The number of rotatable bonds is 1. The molecule has 1 rings (SSSR count). The molecular formula is C9H14O5. The largest absolute Gasteiger partial charge is 0.508 e. The highest BCUT2D eigenvalue weighted by atomic mass is 16.7. The second kappa shape index (κ2) is 4.30. The van der Waals surface area contributed by atoms with Gasteiger partial charge < -0.3 is 14.2 Å². The first-order valence-corrected chi connectivity index (χ1v) is 4.46. The van der Waals surface area contributed by atoms with Crippen LogP contribution < -0.4 is 0 Å². The van der Waals surface area contributed by atoms with E-state index in [2.05, 4.69) is 4.74 Å². The summed E-state index contributed by atoms with van der Waals surface area (Å²) in [7, 11) is 1.35. The summed E-state index contributed by atoms with van der Waals surface area (Å²) < 4.78 is 14.1. The van der Waals surface area contributed by atoms with E-state index < -0.39 is 11.6 Å². The molecule has 80 valence electrons. The predicted molar refractivity (Wildman–Crippen MR) is 46.7 cm³/mol. The van der Waals surface area contributed by atoms with E-state index in [1.165, 1.54) is 7.11 Å². The lowest BCUT2D eigenvalue weighted by molar-refractivity contribution is -0.154. The fraction of sp³-hybridized carbons (Fsp3) is 0.778. The highest BCUT2D eigenvalue weighted by Crippen LogP contribution is 2.29. The maximum atomic E-state index is 11.4.